The van der Waals surface area contributed by atoms with Gasteiger partial charge in [-0.15, -0.1) is 0 Å². The molecule has 0 aliphatic rings. The van der Waals surface area contributed by atoms with Crippen molar-refractivity contribution in [2.75, 3.05) is 0 Å². The van der Waals surface area contributed by atoms with Crippen molar-refractivity contribution in [1.29, 1.82) is 0 Å². The fourth-order valence-corrected chi connectivity index (χ4v) is 3.80. The largest absolute Gasteiger partial charge is 0.296 e. The maximum absolute atomic E-state index is 11.4. The van der Waals surface area contributed by atoms with Gasteiger partial charge in [-0.3, -0.25) is 4.55 Å². The molecule has 0 aliphatic carbocycles. The van der Waals surface area contributed by atoms with Crippen LogP contribution in [0.4, 0.5) is 0 Å². The maximum Gasteiger partial charge on any atom is 0.296 e. The Morgan fingerprint density at radius 1 is 0.857 bits per heavy atom. The van der Waals surface area contributed by atoms with Crippen LogP contribution in [0.25, 0.3) is 11.1 Å². The number of rotatable bonds is 2. The molecule has 2 rings (SSSR count). The minimum atomic E-state index is -4.58. The summed E-state index contributed by atoms with van der Waals surface area (Å²) in [7, 11) is -4.58. The van der Waals surface area contributed by atoms with Crippen LogP contribution in [-0.2, 0) is 10.1 Å². The number of halogens is 5. The van der Waals surface area contributed by atoms with Gasteiger partial charge in [0.15, 0.2) is 0 Å². The van der Waals surface area contributed by atoms with E-state index in [1.165, 1.54) is 0 Å². The lowest BCUT2D eigenvalue weighted by molar-refractivity contribution is 0.483. The van der Waals surface area contributed by atoms with Gasteiger partial charge in [0.2, 0.25) is 0 Å². The Kier molecular flexibility index (Phi) is 5.01. The van der Waals surface area contributed by atoms with E-state index < -0.39 is 15.0 Å². The molecule has 0 amide bonds. The lowest BCUT2D eigenvalue weighted by Crippen LogP contribution is -2.01. The quantitative estimate of drug-likeness (QED) is 0.501. The molecule has 0 bridgehead atoms. The first kappa shape index (κ1) is 17.2. The lowest BCUT2D eigenvalue weighted by atomic mass is 10.1. The molecule has 2 aromatic rings. The second-order valence-corrected chi connectivity index (χ2v) is 7.27. The van der Waals surface area contributed by atoms with Gasteiger partial charge < -0.3 is 0 Å². The van der Waals surface area contributed by atoms with Crippen LogP contribution >= 0.6 is 58.0 Å². The van der Waals surface area contributed by atoms with E-state index in [9.17, 15) is 13.0 Å². The molecule has 0 fully saturated rings. The van der Waals surface area contributed by atoms with Crippen molar-refractivity contribution < 1.29 is 13.0 Å². The summed E-state index contributed by atoms with van der Waals surface area (Å²) in [6.45, 7) is 0. The summed E-state index contributed by atoms with van der Waals surface area (Å²) in [6.07, 6.45) is 0. The number of benzene rings is 2. The standard InChI is InChI=1S/C12H5Cl5O3S/c13-6-3-1-2-5(10(6)15)9-11(16)7(14)4-8(12(9)17)21(18,19)20/h1-4H,(H,18,19,20). The molecule has 0 saturated heterocycles. The predicted molar refractivity (Wildman–Crippen MR) is 86.7 cm³/mol. The first-order valence-electron chi connectivity index (χ1n) is 5.24. The van der Waals surface area contributed by atoms with Gasteiger partial charge in [0.25, 0.3) is 10.1 Å². The van der Waals surface area contributed by atoms with E-state index >= 15 is 0 Å². The molecule has 0 spiro atoms. The Morgan fingerprint density at radius 2 is 1.48 bits per heavy atom. The Morgan fingerprint density at radius 3 is 2.05 bits per heavy atom. The van der Waals surface area contributed by atoms with Crippen LogP contribution in [0.5, 0.6) is 0 Å². The van der Waals surface area contributed by atoms with E-state index in [1.807, 2.05) is 0 Å². The van der Waals surface area contributed by atoms with Gasteiger partial charge in [0.05, 0.1) is 25.1 Å². The molecule has 0 radical (unpaired) electrons. The Labute approximate surface area is 146 Å². The van der Waals surface area contributed by atoms with Crippen LogP contribution in [0, 0.1) is 0 Å². The van der Waals surface area contributed by atoms with Crippen LogP contribution in [0.1, 0.15) is 0 Å². The maximum atomic E-state index is 11.4. The van der Waals surface area contributed by atoms with Gasteiger partial charge in [-0.05, 0) is 12.1 Å². The van der Waals surface area contributed by atoms with E-state index in [0.717, 1.165) is 6.07 Å². The fourth-order valence-electron chi connectivity index (χ4n) is 1.70. The highest BCUT2D eigenvalue weighted by molar-refractivity contribution is 7.86. The van der Waals surface area contributed by atoms with Crippen molar-refractivity contribution in [3.63, 3.8) is 0 Å². The van der Waals surface area contributed by atoms with E-state index in [1.54, 1.807) is 18.2 Å². The van der Waals surface area contributed by atoms with Gasteiger partial charge in [0, 0.05) is 11.1 Å². The predicted octanol–water partition coefficient (Wildman–Crippen LogP) is 5.87. The molecule has 3 nitrogen and oxygen atoms in total. The van der Waals surface area contributed by atoms with Crippen LogP contribution in [0.15, 0.2) is 29.2 Å². The van der Waals surface area contributed by atoms with Crippen LogP contribution in [-0.4, -0.2) is 13.0 Å². The van der Waals surface area contributed by atoms with Crippen molar-refractivity contribution in [3.05, 3.63) is 49.4 Å². The summed E-state index contributed by atoms with van der Waals surface area (Å²) in [4.78, 5) is -0.565. The molecule has 2 aromatic carbocycles. The van der Waals surface area contributed by atoms with Gasteiger partial charge in [-0.2, -0.15) is 8.42 Å². The molecule has 1 N–H and O–H groups in total. The van der Waals surface area contributed by atoms with E-state index in [2.05, 4.69) is 0 Å². The van der Waals surface area contributed by atoms with E-state index in [4.69, 9.17) is 58.0 Å². The average Bonchev–Trinajstić information content (AvgIpc) is 2.37. The van der Waals surface area contributed by atoms with Gasteiger partial charge in [0.1, 0.15) is 4.90 Å². The smallest absolute Gasteiger partial charge is 0.282 e. The van der Waals surface area contributed by atoms with Crippen LogP contribution in [0.2, 0.25) is 25.1 Å². The molecule has 0 unspecified atom stereocenters. The third-order valence-electron chi connectivity index (χ3n) is 2.62. The molecular formula is C12H5Cl5O3S. The Hall–Kier alpha value is -0.200. The zero-order valence-electron chi connectivity index (χ0n) is 9.87. The summed E-state index contributed by atoms with van der Waals surface area (Å²) in [5.74, 6) is 0. The molecular weight excluding hydrogens is 401 g/mol. The highest BCUT2D eigenvalue weighted by Gasteiger charge is 2.24. The van der Waals surface area contributed by atoms with E-state index in [0.29, 0.717) is 5.56 Å². The molecule has 0 atom stereocenters. The topological polar surface area (TPSA) is 54.4 Å². The summed E-state index contributed by atoms with van der Waals surface area (Å²) >= 11 is 30.0. The highest BCUT2D eigenvalue weighted by atomic mass is 35.5. The molecule has 0 aromatic heterocycles. The van der Waals surface area contributed by atoms with Crippen molar-refractivity contribution in [2.24, 2.45) is 0 Å². The first-order valence-corrected chi connectivity index (χ1v) is 8.57. The number of hydrogen-bond acceptors (Lipinski definition) is 2. The zero-order valence-corrected chi connectivity index (χ0v) is 14.5. The number of hydrogen-bond donors (Lipinski definition) is 1. The normalized spacial score (nSPS) is 11.7. The highest BCUT2D eigenvalue weighted by Crippen LogP contribution is 2.46. The SMILES string of the molecule is O=S(=O)(O)c1cc(Cl)c(Cl)c(-c2cccc(Cl)c2Cl)c1Cl. The fraction of sp³-hybridized carbons (Fsp3) is 0. The summed E-state index contributed by atoms with van der Waals surface area (Å²) < 4.78 is 31.9. The molecule has 21 heavy (non-hydrogen) atoms. The average molecular weight is 407 g/mol. The van der Waals surface area contributed by atoms with Crippen molar-refractivity contribution in [3.8, 4) is 11.1 Å². The Bertz CT molecular complexity index is 833. The summed E-state index contributed by atoms with van der Waals surface area (Å²) in [5.41, 5.74) is 0.373. The molecule has 112 valence electrons. The molecule has 0 aliphatic heterocycles. The summed E-state index contributed by atoms with van der Waals surface area (Å²) in [5, 5.41) is -0.0322. The second kappa shape index (κ2) is 6.13. The minimum absolute atomic E-state index is 0.00164. The molecule has 0 saturated carbocycles. The van der Waals surface area contributed by atoms with Crippen LogP contribution < -0.4 is 0 Å². The van der Waals surface area contributed by atoms with Crippen molar-refractivity contribution >= 4 is 68.1 Å². The van der Waals surface area contributed by atoms with Gasteiger partial charge in [-0.25, -0.2) is 0 Å². The van der Waals surface area contributed by atoms with Gasteiger partial charge >= 0.3 is 0 Å². The molecule has 9 heteroatoms. The first-order chi connectivity index (χ1) is 9.64. The monoisotopic (exact) mass is 404 g/mol. The third-order valence-corrected chi connectivity index (χ3v) is 5.61. The van der Waals surface area contributed by atoms with Crippen LogP contribution in [0.3, 0.4) is 0 Å². The van der Waals surface area contributed by atoms with Crippen molar-refractivity contribution in [1.82, 2.24) is 0 Å². The summed E-state index contributed by atoms with van der Waals surface area (Å²) in [6, 6.07) is 5.64. The lowest BCUT2D eigenvalue weighted by Gasteiger charge is -2.14. The van der Waals surface area contributed by atoms with E-state index in [-0.39, 0.29) is 30.7 Å². The van der Waals surface area contributed by atoms with Crippen molar-refractivity contribution in [2.45, 2.75) is 4.90 Å². The Balaban J connectivity index is 2.93. The minimum Gasteiger partial charge on any atom is -0.282 e. The molecule has 0 heterocycles. The second-order valence-electron chi connectivity index (χ2n) is 3.94. The van der Waals surface area contributed by atoms with Gasteiger partial charge in [-0.1, -0.05) is 70.1 Å². The zero-order chi connectivity index (χ0) is 15.9. The third kappa shape index (κ3) is 3.27.